The van der Waals surface area contributed by atoms with Gasteiger partial charge in [-0.05, 0) is 48.6 Å². The Labute approximate surface area is 294 Å². The first-order chi connectivity index (χ1) is 24.3. The predicted molar refractivity (Wildman–Crippen MR) is 181 cm³/mol. The zero-order valence-corrected chi connectivity index (χ0v) is 28.4. The van der Waals surface area contributed by atoms with Gasteiger partial charge in [-0.25, -0.2) is 0 Å². The maximum absolute atomic E-state index is 14.0. The number of unbranched alkanes of at least 4 members (excludes halogenated alkanes) is 1. The number of rotatable bonds is 12. The second-order valence-electron chi connectivity index (χ2n) is 13.1. The summed E-state index contributed by atoms with van der Waals surface area (Å²) in [5.74, 6) is -3.12. The average molecular weight is 712 g/mol. The van der Waals surface area contributed by atoms with Crippen LogP contribution >= 0.6 is 0 Å². The summed E-state index contributed by atoms with van der Waals surface area (Å²) in [4.78, 5) is 55.0. The number of esters is 1. The standard InChI is InChI=1S/C36H45N3O12/c1-20(8-7-11-27(41)39-18-22-10-4-3-9-21(22)16-24(39)19-40)36(49)25-17-23(37-33(46)32-30(44)29(43)31(45)34(47)51-32)13-14-26(25)38(35(36)48)15-6-5-12-28(42)50-2/h3-4,7-10,13-14,17,20,24,29-32,34,40,43-45,47,49H,5-6,11-12,15-16,18-19H2,1-2H3,(H,37,46)/b8-7+/t20-,24-,29-,30-,31+,32-,34+,36+/m0/s1. The first-order valence-corrected chi connectivity index (χ1v) is 16.9. The monoisotopic (exact) mass is 711 g/mol. The lowest BCUT2D eigenvalue weighted by atomic mass is 9.82. The van der Waals surface area contributed by atoms with Crippen LogP contribution in [0.2, 0.25) is 0 Å². The number of aliphatic hydroxyl groups excluding tert-OH is 5. The van der Waals surface area contributed by atoms with Crippen molar-refractivity contribution >= 4 is 35.1 Å². The highest BCUT2D eigenvalue weighted by Gasteiger charge is 2.53. The summed E-state index contributed by atoms with van der Waals surface area (Å²) in [6.45, 7) is 1.92. The van der Waals surface area contributed by atoms with Gasteiger partial charge in [-0.15, -0.1) is 0 Å². The maximum Gasteiger partial charge on any atom is 0.305 e. The van der Waals surface area contributed by atoms with Crippen LogP contribution in [0.3, 0.4) is 0 Å². The number of methoxy groups -OCH3 is 1. The number of carbonyl (C=O) groups is 4. The highest BCUT2D eigenvalue weighted by atomic mass is 16.6. The van der Waals surface area contributed by atoms with Crippen molar-refractivity contribution in [2.45, 2.75) is 87.9 Å². The van der Waals surface area contributed by atoms with Crippen molar-refractivity contribution in [2.75, 3.05) is 30.5 Å². The number of ether oxygens (including phenoxy) is 2. The fourth-order valence-electron chi connectivity index (χ4n) is 6.85. The van der Waals surface area contributed by atoms with Crippen LogP contribution in [0.1, 0.15) is 49.3 Å². The van der Waals surface area contributed by atoms with E-state index in [0.717, 1.165) is 11.1 Å². The second kappa shape index (κ2) is 16.0. The molecule has 5 rings (SSSR count). The Hall–Kier alpha value is -4.22. The number of fused-ring (bicyclic) bond motifs is 2. The second-order valence-corrected chi connectivity index (χ2v) is 13.1. The Morgan fingerprint density at radius 2 is 1.78 bits per heavy atom. The van der Waals surface area contributed by atoms with E-state index in [1.807, 2.05) is 24.3 Å². The first-order valence-electron chi connectivity index (χ1n) is 16.9. The number of carbonyl (C=O) groups excluding carboxylic acids is 4. The molecule has 2 aromatic rings. The van der Waals surface area contributed by atoms with Gasteiger partial charge in [0.05, 0.1) is 25.4 Å². The lowest BCUT2D eigenvalue weighted by molar-refractivity contribution is -0.274. The summed E-state index contributed by atoms with van der Waals surface area (Å²) in [7, 11) is 1.28. The van der Waals surface area contributed by atoms with E-state index in [0.29, 0.717) is 31.5 Å². The summed E-state index contributed by atoms with van der Waals surface area (Å²) in [5.41, 5.74) is 0.528. The lowest BCUT2D eigenvalue weighted by Crippen LogP contribution is -2.60. The Morgan fingerprint density at radius 3 is 2.49 bits per heavy atom. The van der Waals surface area contributed by atoms with Gasteiger partial charge >= 0.3 is 5.97 Å². The minimum atomic E-state index is -2.15. The van der Waals surface area contributed by atoms with Crippen molar-refractivity contribution < 1.29 is 59.3 Å². The molecule has 0 aliphatic carbocycles. The zero-order valence-electron chi connectivity index (χ0n) is 28.4. The SMILES string of the molecule is COC(=O)CCCCN1C(=O)[C@@](O)([C@@H](C)/C=C/CC(=O)N2Cc3ccccc3C[C@H]2CO)c2cc(NC(=O)[C@H]3O[C@@H](O)[C@H](O)[C@@H](O)[C@@H]3O)ccc21. The average Bonchev–Trinajstić information content (AvgIpc) is 3.34. The summed E-state index contributed by atoms with van der Waals surface area (Å²) < 4.78 is 9.72. The van der Waals surface area contributed by atoms with Crippen molar-refractivity contribution in [1.29, 1.82) is 0 Å². The van der Waals surface area contributed by atoms with Gasteiger partial charge in [0.15, 0.2) is 18.0 Å². The van der Waals surface area contributed by atoms with Gasteiger partial charge in [-0.2, -0.15) is 0 Å². The minimum absolute atomic E-state index is 0.0520. The summed E-state index contributed by atoms with van der Waals surface area (Å²) >= 11 is 0. The molecular formula is C36H45N3O12. The number of aliphatic hydroxyl groups is 6. The Morgan fingerprint density at radius 1 is 1.06 bits per heavy atom. The third-order valence-corrected chi connectivity index (χ3v) is 9.89. The molecule has 0 aromatic heterocycles. The number of amides is 3. The zero-order chi connectivity index (χ0) is 37.0. The maximum atomic E-state index is 14.0. The van der Waals surface area contributed by atoms with E-state index in [1.54, 1.807) is 24.0 Å². The highest BCUT2D eigenvalue weighted by molar-refractivity contribution is 6.08. The van der Waals surface area contributed by atoms with E-state index < -0.39 is 60.0 Å². The highest BCUT2D eigenvalue weighted by Crippen LogP contribution is 2.46. The largest absolute Gasteiger partial charge is 0.469 e. The Bertz CT molecular complexity index is 1650. The number of anilines is 2. The number of hydrogen-bond acceptors (Lipinski definition) is 12. The van der Waals surface area contributed by atoms with Crippen LogP contribution in [-0.4, -0.2) is 116 Å². The van der Waals surface area contributed by atoms with Crippen LogP contribution < -0.4 is 10.2 Å². The van der Waals surface area contributed by atoms with Crippen molar-refractivity contribution in [3.63, 3.8) is 0 Å². The molecule has 51 heavy (non-hydrogen) atoms. The first kappa shape index (κ1) is 38.0. The van der Waals surface area contributed by atoms with Gasteiger partial charge in [0.2, 0.25) is 5.91 Å². The lowest BCUT2D eigenvalue weighted by Gasteiger charge is -2.37. The van der Waals surface area contributed by atoms with Gasteiger partial charge in [0.1, 0.15) is 18.3 Å². The van der Waals surface area contributed by atoms with Gasteiger partial charge in [-0.1, -0.05) is 43.3 Å². The molecule has 3 amide bonds. The van der Waals surface area contributed by atoms with Crippen LogP contribution in [0.25, 0.3) is 0 Å². The fraction of sp³-hybridized carbons (Fsp3) is 0.500. The van der Waals surface area contributed by atoms with Gasteiger partial charge in [0.25, 0.3) is 11.8 Å². The molecule has 3 aliphatic heterocycles. The third-order valence-electron chi connectivity index (χ3n) is 9.89. The van der Waals surface area contributed by atoms with E-state index >= 15 is 0 Å². The number of benzene rings is 2. The van der Waals surface area contributed by atoms with Crippen LogP contribution in [0, 0.1) is 5.92 Å². The molecule has 3 aliphatic rings. The molecule has 1 fully saturated rings. The van der Waals surface area contributed by atoms with Crippen molar-refractivity contribution in [1.82, 2.24) is 4.90 Å². The smallest absolute Gasteiger partial charge is 0.305 e. The third kappa shape index (κ3) is 7.70. The van der Waals surface area contributed by atoms with Gasteiger partial charge < -0.3 is 55.2 Å². The van der Waals surface area contributed by atoms with E-state index in [9.17, 15) is 49.8 Å². The molecule has 7 N–H and O–H groups in total. The molecular weight excluding hydrogens is 666 g/mol. The van der Waals surface area contributed by atoms with Crippen LogP contribution in [0.15, 0.2) is 54.6 Å². The molecule has 276 valence electrons. The molecule has 8 atom stereocenters. The normalized spacial score (nSPS) is 28.0. The van der Waals surface area contributed by atoms with E-state index in [1.165, 1.54) is 30.2 Å². The molecule has 1 saturated heterocycles. The summed E-state index contributed by atoms with van der Waals surface area (Å²) in [5, 5.41) is 64.7. The minimum Gasteiger partial charge on any atom is -0.469 e. The van der Waals surface area contributed by atoms with E-state index in [-0.39, 0.29) is 49.2 Å². The molecule has 2 aromatic carbocycles. The molecule has 0 saturated carbocycles. The Kier molecular flexibility index (Phi) is 11.9. The van der Waals surface area contributed by atoms with E-state index in [4.69, 9.17) is 9.47 Å². The predicted octanol–water partition coefficient (Wildman–Crippen LogP) is -0.169. The fourth-order valence-corrected chi connectivity index (χ4v) is 6.85. The number of nitrogens with zero attached hydrogens (tertiary/aromatic N) is 2. The van der Waals surface area contributed by atoms with Crippen LogP contribution in [-0.2, 0) is 47.2 Å². The van der Waals surface area contributed by atoms with Crippen LogP contribution in [0.5, 0.6) is 0 Å². The molecule has 3 heterocycles. The molecule has 0 unspecified atom stereocenters. The number of nitrogens with one attached hydrogen (secondary N) is 1. The number of hydrogen-bond donors (Lipinski definition) is 7. The Balaban J connectivity index is 1.36. The van der Waals surface area contributed by atoms with Gasteiger partial charge in [-0.3, -0.25) is 19.2 Å². The van der Waals surface area contributed by atoms with E-state index in [2.05, 4.69) is 5.32 Å². The van der Waals surface area contributed by atoms with Gasteiger partial charge in [0, 0.05) is 43.1 Å². The topological polar surface area (TPSA) is 227 Å². The summed E-state index contributed by atoms with van der Waals surface area (Å²) in [6, 6.07) is 11.7. The molecule has 0 radical (unpaired) electrons. The molecule has 0 bridgehead atoms. The molecule has 15 nitrogen and oxygen atoms in total. The molecule has 0 spiro atoms. The van der Waals surface area contributed by atoms with Crippen LogP contribution in [0.4, 0.5) is 11.4 Å². The van der Waals surface area contributed by atoms with Crippen molar-refractivity contribution in [3.05, 3.63) is 71.3 Å². The summed E-state index contributed by atoms with van der Waals surface area (Å²) in [6.07, 6.45) is -4.67. The quantitative estimate of drug-likeness (QED) is 0.0866. The van der Waals surface area contributed by atoms with Crippen molar-refractivity contribution in [3.8, 4) is 0 Å². The molecule has 15 heteroatoms. The van der Waals surface area contributed by atoms with Crippen molar-refractivity contribution in [2.24, 2.45) is 5.92 Å².